The second kappa shape index (κ2) is 10.2. The fourth-order valence-corrected chi connectivity index (χ4v) is 3.50. The zero-order chi connectivity index (χ0) is 16.5. The highest BCUT2D eigenvalue weighted by atomic mass is 32.1. The molecule has 2 rings (SSSR count). The second-order valence-corrected chi connectivity index (χ2v) is 7.52. The molecular weight excluding hydrogens is 328 g/mol. The van der Waals surface area contributed by atoms with Crippen LogP contribution < -0.4 is 5.32 Å². The van der Waals surface area contributed by atoms with Gasteiger partial charge in [0.2, 0.25) is 0 Å². The Hall–Kier alpha value is -0.690. The molecule has 0 amide bonds. The quantitative estimate of drug-likeness (QED) is 0.542. The maximum Gasteiger partial charge on any atom is 0.169 e. The minimum absolute atomic E-state index is 0.289. The van der Waals surface area contributed by atoms with Gasteiger partial charge in [0.1, 0.15) is 0 Å². The molecule has 1 atom stereocenters. The van der Waals surface area contributed by atoms with Crippen LogP contribution in [0, 0.1) is 0 Å². The van der Waals surface area contributed by atoms with Crippen molar-refractivity contribution in [1.29, 1.82) is 0 Å². The van der Waals surface area contributed by atoms with Crippen LogP contribution in [-0.2, 0) is 16.0 Å². The summed E-state index contributed by atoms with van der Waals surface area (Å²) < 4.78 is 11.3. The summed E-state index contributed by atoms with van der Waals surface area (Å²) in [4.78, 5) is 3.57. The lowest BCUT2D eigenvalue weighted by molar-refractivity contribution is 0.0771. The Morgan fingerprint density at radius 2 is 2.43 bits per heavy atom. The van der Waals surface area contributed by atoms with Gasteiger partial charge in [0, 0.05) is 31.2 Å². The molecule has 0 aromatic carbocycles. The van der Waals surface area contributed by atoms with Crippen molar-refractivity contribution >= 4 is 28.7 Å². The maximum atomic E-state index is 5.78. The largest absolute Gasteiger partial charge is 0.379 e. The van der Waals surface area contributed by atoms with Gasteiger partial charge in [-0.2, -0.15) is 0 Å². The molecule has 1 aromatic heterocycles. The van der Waals surface area contributed by atoms with Gasteiger partial charge in [-0.25, -0.2) is 0 Å². The van der Waals surface area contributed by atoms with Crippen molar-refractivity contribution in [3.8, 4) is 0 Å². The van der Waals surface area contributed by atoms with Crippen molar-refractivity contribution in [3.05, 3.63) is 22.4 Å². The smallest absolute Gasteiger partial charge is 0.169 e. The first kappa shape index (κ1) is 18.6. The third-order valence-corrected chi connectivity index (χ3v) is 4.97. The van der Waals surface area contributed by atoms with Gasteiger partial charge in [0.05, 0.1) is 18.8 Å². The van der Waals surface area contributed by atoms with E-state index in [2.05, 4.69) is 41.6 Å². The van der Waals surface area contributed by atoms with E-state index in [0.717, 1.165) is 57.2 Å². The van der Waals surface area contributed by atoms with Crippen molar-refractivity contribution in [2.24, 2.45) is 0 Å². The van der Waals surface area contributed by atoms with Gasteiger partial charge in [-0.15, -0.1) is 11.3 Å². The molecule has 4 nitrogen and oxygen atoms in total. The standard InChI is InChI=1S/C17H28N2O2S2/c1-14(2)20-10-5-8-18-17(22)19(12-15-6-3-9-21-15)13-16-7-4-11-23-16/h4,7,11,14-15H,3,5-6,8-10,12-13H2,1-2H3,(H,18,22)/t15-/m0/s1. The summed E-state index contributed by atoms with van der Waals surface area (Å²) in [5, 5.41) is 6.30. The minimum atomic E-state index is 0.289. The van der Waals surface area contributed by atoms with Crippen LogP contribution in [0.15, 0.2) is 17.5 Å². The molecule has 1 aromatic rings. The first-order valence-corrected chi connectivity index (χ1v) is 9.72. The topological polar surface area (TPSA) is 33.7 Å². The lowest BCUT2D eigenvalue weighted by Crippen LogP contribution is -2.43. The average molecular weight is 357 g/mol. The van der Waals surface area contributed by atoms with Crippen molar-refractivity contribution in [2.45, 2.75) is 51.9 Å². The maximum absolute atomic E-state index is 5.78. The summed E-state index contributed by atoms with van der Waals surface area (Å²) >= 11 is 7.38. The summed E-state index contributed by atoms with van der Waals surface area (Å²) in [6.45, 7) is 8.33. The third-order valence-electron chi connectivity index (χ3n) is 3.71. The molecule has 23 heavy (non-hydrogen) atoms. The van der Waals surface area contributed by atoms with Gasteiger partial charge in [-0.1, -0.05) is 6.07 Å². The summed E-state index contributed by atoms with van der Waals surface area (Å²) in [5.74, 6) is 0. The van der Waals surface area contributed by atoms with E-state index in [-0.39, 0.29) is 6.10 Å². The Morgan fingerprint density at radius 1 is 1.57 bits per heavy atom. The lowest BCUT2D eigenvalue weighted by Gasteiger charge is -2.28. The van der Waals surface area contributed by atoms with Gasteiger partial charge < -0.3 is 19.7 Å². The van der Waals surface area contributed by atoms with Crippen LogP contribution in [0.4, 0.5) is 0 Å². The number of ether oxygens (including phenoxy) is 2. The molecule has 1 aliphatic heterocycles. The number of rotatable bonds is 9. The molecule has 0 saturated carbocycles. The molecule has 2 heterocycles. The predicted molar refractivity (Wildman–Crippen MR) is 100 cm³/mol. The SMILES string of the molecule is CC(C)OCCCNC(=S)N(Cc1cccs1)C[C@@H]1CCCO1. The van der Waals surface area contributed by atoms with Crippen molar-refractivity contribution < 1.29 is 9.47 Å². The fourth-order valence-electron chi connectivity index (χ4n) is 2.54. The van der Waals surface area contributed by atoms with E-state index >= 15 is 0 Å². The molecule has 0 aliphatic carbocycles. The summed E-state index contributed by atoms with van der Waals surface area (Å²) in [5.41, 5.74) is 0. The van der Waals surface area contributed by atoms with Crippen LogP contribution in [0.5, 0.6) is 0 Å². The Balaban J connectivity index is 1.78. The molecule has 1 aliphatic rings. The molecule has 6 heteroatoms. The molecule has 0 unspecified atom stereocenters. The minimum Gasteiger partial charge on any atom is -0.379 e. The second-order valence-electron chi connectivity index (χ2n) is 6.10. The highest BCUT2D eigenvalue weighted by Crippen LogP contribution is 2.17. The van der Waals surface area contributed by atoms with Crippen LogP contribution in [0.3, 0.4) is 0 Å². The van der Waals surface area contributed by atoms with E-state index in [4.69, 9.17) is 21.7 Å². The van der Waals surface area contributed by atoms with Gasteiger partial charge in [0.25, 0.3) is 0 Å². The molecular formula is C17H28N2O2S2. The van der Waals surface area contributed by atoms with Crippen LogP contribution in [0.1, 0.15) is 38.0 Å². The first-order chi connectivity index (χ1) is 11.1. The fraction of sp³-hybridized carbons (Fsp3) is 0.706. The van der Waals surface area contributed by atoms with Gasteiger partial charge >= 0.3 is 0 Å². The third kappa shape index (κ3) is 7.16. The highest BCUT2D eigenvalue weighted by molar-refractivity contribution is 7.80. The number of nitrogens with zero attached hydrogens (tertiary/aromatic N) is 1. The molecule has 1 fully saturated rings. The number of nitrogens with one attached hydrogen (secondary N) is 1. The number of hydrogen-bond donors (Lipinski definition) is 1. The summed E-state index contributed by atoms with van der Waals surface area (Å²) in [6.07, 6.45) is 3.84. The van der Waals surface area contributed by atoms with E-state index < -0.39 is 0 Å². The van der Waals surface area contributed by atoms with Crippen LogP contribution in [0.25, 0.3) is 0 Å². The van der Waals surface area contributed by atoms with Gasteiger partial charge in [0.15, 0.2) is 5.11 Å². The van der Waals surface area contributed by atoms with Crippen molar-refractivity contribution in [2.75, 3.05) is 26.3 Å². The normalized spacial score (nSPS) is 17.6. The zero-order valence-corrected chi connectivity index (χ0v) is 15.8. The number of thiocarbonyl (C=S) groups is 1. The molecule has 1 N–H and O–H groups in total. The van der Waals surface area contributed by atoms with Crippen LogP contribution >= 0.6 is 23.6 Å². The predicted octanol–water partition coefficient (Wildman–Crippen LogP) is 3.42. The Kier molecular flexibility index (Phi) is 8.30. The number of thiophene rings is 1. The summed E-state index contributed by atoms with van der Waals surface area (Å²) in [7, 11) is 0. The highest BCUT2D eigenvalue weighted by Gasteiger charge is 2.21. The lowest BCUT2D eigenvalue weighted by atomic mass is 10.2. The van der Waals surface area contributed by atoms with Crippen molar-refractivity contribution in [3.63, 3.8) is 0 Å². The average Bonchev–Trinajstić information content (AvgIpc) is 3.19. The van der Waals surface area contributed by atoms with E-state index in [0.29, 0.717) is 6.10 Å². The molecule has 130 valence electrons. The molecule has 0 bridgehead atoms. The van der Waals surface area contributed by atoms with Crippen molar-refractivity contribution in [1.82, 2.24) is 10.2 Å². The monoisotopic (exact) mass is 356 g/mol. The van der Waals surface area contributed by atoms with Crippen LogP contribution in [0.2, 0.25) is 0 Å². The molecule has 0 spiro atoms. The van der Waals surface area contributed by atoms with Gasteiger partial charge in [-0.05, 0) is 56.8 Å². The van der Waals surface area contributed by atoms with Crippen LogP contribution in [-0.4, -0.2) is 48.5 Å². The molecule has 0 radical (unpaired) electrons. The van der Waals surface area contributed by atoms with E-state index in [1.54, 1.807) is 11.3 Å². The Morgan fingerprint density at radius 3 is 3.09 bits per heavy atom. The van der Waals surface area contributed by atoms with E-state index in [1.807, 2.05) is 0 Å². The Bertz CT molecular complexity index is 445. The zero-order valence-electron chi connectivity index (χ0n) is 14.1. The number of hydrogen-bond acceptors (Lipinski definition) is 4. The van der Waals surface area contributed by atoms with Gasteiger partial charge in [-0.3, -0.25) is 0 Å². The Labute approximate surface area is 149 Å². The summed E-state index contributed by atoms with van der Waals surface area (Å²) in [6, 6.07) is 4.25. The van der Waals surface area contributed by atoms with E-state index in [9.17, 15) is 0 Å². The van der Waals surface area contributed by atoms with E-state index in [1.165, 1.54) is 4.88 Å². The first-order valence-electron chi connectivity index (χ1n) is 8.43. The molecule has 1 saturated heterocycles.